The van der Waals surface area contributed by atoms with Gasteiger partial charge in [0.2, 0.25) is 11.6 Å². The van der Waals surface area contributed by atoms with Gasteiger partial charge in [-0.25, -0.2) is 15.0 Å². The number of nitrogens with one attached hydrogen (secondary N) is 1. The third-order valence-electron chi connectivity index (χ3n) is 5.00. The third kappa shape index (κ3) is 4.78. The van der Waals surface area contributed by atoms with E-state index in [-0.39, 0.29) is 18.1 Å². The second-order valence-corrected chi connectivity index (χ2v) is 7.75. The summed E-state index contributed by atoms with van der Waals surface area (Å²) < 4.78 is 0. The molecular formula is C20H19Cl2N7O2. The molecule has 9 nitrogen and oxygen atoms in total. The summed E-state index contributed by atoms with van der Waals surface area (Å²) in [6.07, 6.45) is 3.08. The number of aromatic nitrogens is 3. The zero-order valence-corrected chi connectivity index (χ0v) is 17.9. The molecule has 1 aliphatic rings. The Labute approximate surface area is 188 Å². The summed E-state index contributed by atoms with van der Waals surface area (Å²) in [4.78, 5) is 28.2. The van der Waals surface area contributed by atoms with Crippen LogP contribution in [0.1, 0.15) is 5.56 Å². The average molecular weight is 460 g/mol. The smallest absolute Gasteiger partial charge is 0.353 e. The molecule has 31 heavy (non-hydrogen) atoms. The molecule has 1 N–H and O–H groups in total. The number of benzene rings is 1. The van der Waals surface area contributed by atoms with Crippen molar-refractivity contribution in [2.45, 2.75) is 6.54 Å². The molecule has 160 valence electrons. The molecule has 0 radical (unpaired) electrons. The highest BCUT2D eigenvalue weighted by atomic mass is 35.5. The summed E-state index contributed by atoms with van der Waals surface area (Å²) in [5.74, 6) is 1.33. The Hall–Kier alpha value is -3.17. The predicted octanol–water partition coefficient (Wildman–Crippen LogP) is 4.03. The van der Waals surface area contributed by atoms with Crippen LogP contribution in [-0.4, -0.2) is 46.1 Å². The van der Waals surface area contributed by atoms with Crippen LogP contribution in [0.15, 0.2) is 48.9 Å². The van der Waals surface area contributed by atoms with Crippen LogP contribution in [0.4, 0.5) is 23.1 Å². The molecule has 1 aliphatic heterocycles. The van der Waals surface area contributed by atoms with Crippen molar-refractivity contribution in [2.75, 3.05) is 41.3 Å². The van der Waals surface area contributed by atoms with Gasteiger partial charge in [0.1, 0.15) is 12.1 Å². The molecule has 2 aromatic heterocycles. The lowest BCUT2D eigenvalue weighted by Gasteiger charge is -2.35. The number of nitrogens with zero attached hydrogens (tertiary/aromatic N) is 6. The highest BCUT2D eigenvalue weighted by Crippen LogP contribution is 2.33. The molecule has 0 unspecified atom stereocenters. The summed E-state index contributed by atoms with van der Waals surface area (Å²) in [6.45, 7) is 2.79. The van der Waals surface area contributed by atoms with Crippen molar-refractivity contribution in [3.05, 3.63) is 74.6 Å². The molecule has 3 aromatic rings. The van der Waals surface area contributed by atoms with Gasteiger partial charge in [0.25, 0.3) is 0 Å². The number of hydrogen-bond donors (Lipinski definition) is 1. The van der Waals surface area contributed by atoms with Crippen LogP contribution in [0.2, 0.25) is 10.0 Å². The van der Waals surface area contributed by atoms with Crippen LogP contribution in [0, 0.1) is 10.1 Å². The Bertz CT molecular complexity index is 1080. The van der Waals surface area contributed by atoms with Gasteiger partial charge in [0.05, 0.1) is 4.92 Å². The van der Waals surface area contributed by atoms with Gasteiger partial charge in [-0.05, 0) is 29.8 Å². The number of nitro groups is 1. The van der Waals surface area contributed by atoms with Gasteiger partial charge in [-0.3, -0.25) is 10.1 Å². The number of hydrogen-bond acceptors (Lipinski definition) is 8. The van der Waals surface area contributed by atoms with Crippen LogP contribution >= 0.6 is 23.2 Å². The molecule has 0 amide bonds. The van der Waals surface area contributed by atoms with Crippen molar-refractivity contribution >= 4 is 46.3 Å². The average Bonchev–Trinajstić information content (AvgIpc) is 2.79. The van der Waals surface area contributed by atoms with Gasteiger partial charge in [-0.15, -0.1) is 0 Å². The maximum atomic E-state index is 11.9. The lowest BCUT2D eigenvalue weighted by molar-refractivity contribution is -0.383. The number of anilines is 3. The SMILES string of the molecule is O=[N+]([O-])c1c(NCc2ccc(Cl)cc2Cl)ncnc1N1CCN(c2ccccn2)CC1. The molecule has 1 aromatic carbocycles. The van der Waals surface area contributed by atoms with Gasteiger partial charge in [-0.1, -0.05) is 35.3 Å². The normalized spacial score (nSPS) is 13.9. The molecule has 1 fully saturated rings. The number of halogens is 2. The van der Waals surface area contributed by atoms with E-state index in [1.54, 1.807) is 24.4 Å². The molecule has 3 heterocycles. The van der Waals surface area contributed by atoms with Gasteiger partial charge in [0, 0.05) is 49.0 Å². The standard InChI is InChI=1S/C20H19Cl2N7O2/c21-15-5-4-14(16(22)11-15)12-24-19-18(29(30)31)20(26-13-25-19)28-9-7-27(8-10-28)17-3-1-2-6-23-17/h1-6,11,13H,7-10,12H2,(H,24,25,26). The Balaban J connectivity index is 1.52. The third-order valence-corrected chi connectivity index (χ3v) is 5.59. The summed E-state index contributed by atoms with van der Waals surface area (Å²) in [6, 6.07) is 10.9. The molecule has 1 saturated heterocycles. The highest BCUT2D eigenvalue weighted by molar-refractivity contribution is 6.35. The summed E-state index contributed by atoms with van der Waals surface area (Å²) in [5.41, 5.74) is 0.600. The lowest BCUT2D eigenvalue weighted by Crippen LogP contribution is -2.47. The minimum absolute atomic E-state index is 0.146. The number of pyridine rings is 1. The zero-order valence-electron chi connectivity index (χ0n) is 16.4. The van der Waals surface area contributed by atoms with E-state index in [4.69, 9.17) is 23.2 Å². The first-order valence-corrected chi connectivity index (χ1v) is 10.4. The molecule has 4 rings (SSSR count). The lowest BCUT2D eigenvalue weighted by atomic mass is 10.2. The largest absolute Gasteiger partial charge is 0.360 e. The van der Waals surface area contributed by atoms with Crippen molar-refractivity contribution < 1.29 is 4.92 Å². The Kier molecular flexibility index (Phi) is 6.34. The minimum Gasteiger partial charge on any atom is -0.360 e. The second kappa shape index (κ2) is 9.32. The number of piperazine rings is 1. The highest BCUT2D eigenvalue weighted by Gasteiger charge is 2.29. The van der Waals surface area contributed by atoms with Crippen LogP contribution in [0.25, 0.3) is 0 Å². The fourth-order valence-corrected chi connectivity index (χ4v) is 3.91. The maximum absolute atomic E-state index is 11.9. The van der Waals surface area contributed by atoms with E-state index in [1.807, 2.05) is 23.1 Å². The quantitative estimate of drug-likeness (QED) is 0.435. The van der Waals surface area contributed by atoms with Crippen molar-refractivity contribution in [2.24, 2.45) is 0 Å². The fraction of sp³-hybridized carbons (Fsp3) is 0.250. The minimum atomic E-state index is -0.452. The first-order chi connectivity index (χ1) is 15.0. The fourth-order valence-electron chi connectivity index (χ4n) is 3.43. The van der Waals surface area contributed by atoms with Crippen molar-refractivity contribution in [1.29, 1.82) is 0 Å². The Morgan fingerprint density at radius 1 is 1.03 bits per heavy atom. The van der Waals surface area contributed by atoms with Crippen LogP contribution < -0.4 is 15.1 Å². The van der Waals surface area contributed by atoms with Crippen LogP contribution in [0.5, 0.6) is 0 Å². The van der Waals surface area contributed by atoms with E-state index < -0.39 is 4.92 Å². The Morgan fingerprint density at radius 3 is 2.48 bits per heavy atom. The maximum Gasteiger partial charge on any atom is 0.353 e. The first-order valence-electron chi connectivity index (χ1n) is 9.61. The summed E-state index contributed by atoms with van der Waals surface area (Å²) in [5, 5.41) is 15.9. The molecule has 0 atom stereocenters. The van der Waals surface area contributed by atoms with E-state index in [9.17, 15) is 10.1 Å². The summed E-state index contributed by atoms with van der Waals surface area (Å²) >= 11 is 12.1. The number of rotatable bonds is 6. The van der Waals surface area contributed by atoms with Crippen molar-refractivity contribution in [3.63, 3.8) is 0 Å². The monoisotopic (exact) mass is 459 g/mol. The van der Waals surface area contributed by atoms with Gasteiger partial charge >= 0.3 is 5.69 Å². The van der Waals surface area contributed by atoms with E-state index in [0.29, 0.717) is 42.0 Å². The van der Waals surface area contributed by atoms with Gasteiger partial charge < -0.3 is 15.1 Å². The molecule has 0 saturated carbocycles. The molecule has 0 aliphatic carbocycles. The predicted molar refractivity (Wildman–Crippen MR) is 121 cm³/mol. The van der Waals surface area contributed by atoms with Crippen LogP contribution in [-0.2, 0) is 6.54 Å². The van der Waals surface area contributed by atoms with Crippen molar-refractivity contribution in [3.8, 4) is 0 Å². The van der Waals surface area contributed by atoms with Gasteiger partial charge in [-0.2, -0.15) is 0 Å². The first kappa shape index (κ1) is 21.1. The van der Waals surface area contributed by atoms with Crippen LogP contribution in [0.3, 0.4) is 0 Å². The second-order valence-electron chi connectivity index (χ2n) is 6.90. The van der Waals surface area contributed by atoms with Gasteiger partial charge in [0.15, 0.2) is 0 Å². The van der Waals surface area contributed by atoms with E-state index >= 15 is 0 Å². The Morgan fingerprint density at radius 2 is 1.81 bits per heavy atom. The molecule has 11 heteroatoms. The van der Waals surface area contributed by atoms with E-state index in [1.165, 1.54) is 6.33 Å². The zero-order chi connectivity index (χ0) is 21.8. The molecule has 0 spiro atoms. The molecular weight excluding hydrogens is 441 g/mol. The van der Waals surface area contributed by atoms with E-state index in [2.05, 4.69) is 25.2 Å². The topological polar surface area (TPSA) is 100 Å². The summed E-state index contributed by atoms with van der Waals surface area (Å²) in [7, 11) is 0. The van der Waals surface area contributed by atoms with E-state index in [0.717, 1.165) is 11.4 Å². The van der Waals surface area contributed by atoms with Crippen molar-refractivity contribution in [1.82, 2.24) is 15.0 Å². The molecule has 0 bridgehead atoms.